The largest absolute Gasteiger partial charge is 0.380 e. The van der Waals surface area contributed by atoms with Crippen LogP contribution in [-0.4, -0.2) is 25.3 Å². The van der Waals surface area contributed by atoms with Gasteiger partial charge in [0.2, 0.25) is 0 Å². The monoisotopic (exact) mass is 323 g/mol. The highest BCUT2D eigenvalue weighted by Crippen LogP contribution is 2.47. The Morgan fingerprint density at radius 1 is 0.826 bits per heavy atom. The molecule has 0 bridgehead atoms. The van der Waals surface area contributed by atoms with E-state index in [0.29, 0.717) is 5.41 Å². The first kappa shape index (κ1) is 19.2. The topological polar surface area (TPSA) is 21.3 Å². The lowest BCUT2D eigenvalue weighted by Crippen LogP contribution is -2.60. The molecule has 0 aromatic heterocycles. The fourth-order valence-electron chi connectivity index (χ4n) is 4.36. The highest BCUT2D eigenvalue weighted by Gasteiger charge is 2.49. The molecule has 136 valence electrons. The zero-order valence-corrected chi connectivity index (χ0v) is 15.9. The molecule has 0 atom stereocenters. The molecule has 2 fully saturated rings. The summed E-state index contributed by atoms with van der Waals surface area (Å²) in [6.45, 7) is 6.67. The van der Waals surface area contributed by atoms with Crippen LogP contribution in [0.3, 0.4) is 0 Å². The maximum absolute atomic E-state index is 5.41. The van der Waals surface area contributed by atoms with E-state index in [0.717, 1.165) is 25.3 Å². The molecule has 1 aliphatic heterocycles. The van der Waals surface area contributed by atoms with Crippen molar-refractivity contribution in [2.75, 3.05) is 13.2 Å². The van der Waals surface area contributed by atoms with Crippen LogP contribution in [-0.2, 0) is 4.74 Å². The summed E-state index contributed by atoms with van der Waals surface area (Å²) in [7, 11) is 0. The Morgan fingerprint density at radius 2 is 1.35 bits per heavy atom. The first-order valence-electron chi connectivity index (χ1n) is 10.6. The van der Waals surface area contributed by atoms with Crippen molar-refractivity contribution in [2.45, 2.75) is 116 Å². The normalized spacial score (nSPS) is 20.0. The number of hydrogen-bond acceptors (Lipinski definition) is 2. The Bertz CT molecular complexity index is 278. The van der Waals surface area contributed by atoms with Crippen molar-refractivity contribution in [1.29, 1.82) is 0 Å². The predicted octanol–water partition coefficient (Wildman–Crippen LogP) is 5.84. The SMILES string of the molecule is CCCCCCCC(CCCCCCC)NC1CC2(COC2)C1. The van der Waals surface area contributed by atoms with Crippen molar-refractivity contribution in [3.63, 3.8) is 0 Å². The van der Waals surface area contributed by atoms with Crippen molar-refractivity contribution >= 4 is 0 Å². The summed E-state index contributed by atoms with van der Waals surface area (Å²) in [6.07, 6.45) is 19.7. The first-order valence-corrected chi connectivity index (χ1v) is 10.6. The fourth-order valence-corrected chi connectivity index (χ4v) is 4.36. The third-order valence-corrected chi connectivity index (χ3v) is 5.96. The van der Waals surface area contributed by atoms with Gasteiger partial charge in [-0.3, -0.25) is 0 Å². The molecule has 0 aromatic rings. The highest BCUT2D eigenvalue weighted by molar-refractivity contribution is 5.02. The predicted molar refractivity (Wildman–Crippen MR) is 99.9 cm³/mol. The molecule has 0 aromatic carbocycles. The fraction of sp³-hybridized carbons (Fsp3) is 1.00. The number of rotatable bonds is 14. The Labute approximate surface area is 145 Å². The van der Waals surface area contributed by atoms with Gasteiger partial charge in [-0.25, -0.2) is 0 Å². The van der Waals surface area contributed by atoms with Gasteiger partial charge in [-0.2, -0.15) is 0 Å². The van der Waals surface area contributed by atoms with E-state index < -0.39 is 0 Å². The molecule has 0 radical (unpaired) electrons. The van der Waals surface area contributed by atoms with Crippen LogP contribution in [0.2, 0.25) is 0 Å². The van der Waals surface area contributed by atoms with Crippen LogP contribution in [0.25, 0.3) is 0 Å². The molecule has 2 aliphatic rings. The lowest BCUT2D eigenvalue weighted by atomic mass is 9.64. The molecule has 1 saturated heterocycles. The zero-order valence-electron chi connectivity index (χ0n) is 15.9. The third kappa shape index (κ3) is 6.74. The van der Waals surface area contributed by atoms with Crippen LogP contribution in [0.4, 0.5) is 0 Å². The van der Waals surface area contributed by atoms with Crippen LogP contribution in [0.1, 0.15) is 104 Å². The van der Waals surface area contributed by atoms with Crippen LogP contribution < -0.4 is 5.32 Å². The van der Waals surface area contributed by atoms with Gasteiger partial charge in [-0.1, -0.05) is 78.1 Å². The van der Waals surface area contributed by atoms with Gasteiger partial charge >= 0.3 is 0 Å². The average Bonchev–Trinajstić information content (AvgIpc) is 2.47. The maximum atomic E-state index is 5.41. The van der Waals surface area contributed by atoms with Gasteiger partial charge in [-0.15, -0.1) is 0 Å². The molecule has 0 unspecified atom stereocenters. The first-order chi connectivity index (χ1) is 11.3. The minimum atomic E-state index is 0.602. The van der Waals surface area contributed by atoms with E-state index in [4.69, 9.17) is 4.74 Å². The zero-order chi connectivity index (χ0) is 16.4. The molecule has 1 N–H and O–H groups in total. The second-order valence-electron chi connectivity index (χ2n) is 8.37. The molecule has 1 aliphatic carbocycles. The summed E-state index contributed by atoms with van der Waals surface area (Å²) in [5.74, 6) is 0. The second-order valence-corrected chi connectivity index (χ2v) is 8.37. The van der Waals surface area contributed by atoms with E-state index in [1.165, 1.54) is 89.9 Å². The molecule has 23 heavy (non-hydrogen) atoms. The van der Waals surface area contributed by atoms with Gasteiger partial charge in [0.05, 0.1) is 13.2 Å². The van der Waals surface area contributed by atoms with Gasteiger partial charge in [0.25, 0.3) is 0 Å². The van der Waals surface area contributed by atoms with Crippen molar-refractivity contribution in [3.8, 4) is 0 Å². The molecule has 1 spiro atoms. The Kier molecular flexibility index (Phi) is 8.97. The van der Waals surface area contributed by atoms with E-state index in [9.17, 15) is 0 Å². The molecule has 1 saturated carbocycles. The van der Waals surface area contributed by atoms with Crippen LogP contribution in [0.5, 0.6) is 0 Å². The minimum absolute atomic E-state index is 0.602. The average molecular weight is 324 g/mol. The van der Waals surface area contributed by atoms with E-state index in [1.54, 1.807) is 0 Å². The van der Waals surface area contributed by atoms with E-state index in [1.807, 2.05) is 0 Å². The van der Waals surface area contributed by atoms with Crippen LogP contribution >= 0.6 is 0 Å². The quantitative estimate of drug-likeness (QED) is 0.405. The second kappa shape index (κ2) is 10.7. The van der Waals surface area contributed by atoms with Crippen LogP contribution in [0, 0.1) is 5.41 Å². The molecular formula is C21H41NO. The molecule has 0 amide bonds. The number of nitrogens with one attached hydrogen (secondary N) is 1. The summed E-state index contributed by atoms with van der Waals surface area (Å²) in [6, 6.07) is 1.57. The Morgan fingerprint density at radius 3 is 1.78 bits per heavy atom. The molecule has 1 heterocycles. The van der Waals surface area contributed by atoms with Gasteiger partial charge in [-0.05, 0) is 25.7 Å². The number of ether oxygens (including phenoxy) is 1. The van der Waals surface area contributed by atoms with Crippen molar-refractivity contribution in [2.24, 2.45) is 5.41 Å². The standard InChI is InChI=1S/C21H41NO/c1-3-5-7-9-11-13-19(14-12-10-8-6-4-2)22-20-15-21(16-20)17-23-18-21/h19-20,22H,3-18H2,1-2H3. The van der Waals surface area contributed by atoms with Gasteiger partial charge in [0.15, 0.2) is 0 Å². The minimum Gasteiger partial charge on any atom is -0.380 e. The summed E-state index contributed by atoms with van der Waals surface area (Å²) in [5, 5.41) is 4.00. The van der Waals surface area contributed by atoms with Crippen molar-refractivity contribution in [3.05, 3.63) is 0 Å². The van der Waals surface area contributed by atoms with Crippen molar-refractivity contribution in [1.82, 2.24) is 5.32 Å². The molecule has 2 nitrogen and oxygen atoms in total. The highest BCUT2D eigenvalue weighted by atomic mass is 16.5. The van der Waals surface area contributed by atoms with E-state index in [-0.39, 0.29) is 0 Å². The lowest BCUT2D eigenvalue weighted by Gasteiger charge is -2.54. The smallest absolute Gasteiger partial charge is 0.0545 e. The van der Waals surface area contributed by atoms with Gasteiger partial charge in [0.1, 0.15) is 0 Å². The van der Waals surface area contributed by atoms with Crippen molar-refractivity contribution < 1.29 is 4.74 Å². The molecular weight excluding hydrogens is 282 g/mol. The lowest BCUT2D eigenvalue weighted by molar-refractivity contribution is -0.168. The van der Waals surface area contributed by atoms with E-state index in [2.05, 4.69) is 19.2 Å². The summed E-state index contributed by atoms with van der Waals surface area (Å²) in [4.78, 5) is 0. The summed E-state index contributed by atoms with van der Waals surface area (Å²) in [5.41, 5.74) is 0.602. The molecule has 2 rings (SSSR count). The number of hydrogen-bond donors (Lipinski definition) is 1. The Balaban J connectivity index is 1.59. The third-order valence-electron chi connectivity index (χ3n) is 5.96. The van der Waals surface area contributed by atoms with E-state index >= 15 is 0 Å². The molecule has 2 heteroatoms. The summed E-state index contributed by atoms with van der Waals surface area (Å²) < 4.78 is 5.41. The number of unbranched alkanes of at least 4 members (excludes halogenated alkanes) is 8. The maximum Gasteiger partial charge on any atom is 0.0545 e. The summed E-state index contributed by atoms with van der Waals surface area (Å²) >= 11 is 0. The van der Waals surface area contributed by atoms with Gasteiger partial charge in [0, 0.05) is 17.5 Å². The Hall–Kier alpha value is -0.0800. The van der Waals surface area contributed by atoms with Crippen LogP contribution in [0.15, 0.2) is 0 Å². The van der Waals surface area contributed by atoms with Gasteiger partial charge < -0.3 is 10.1 Å².